The van der Waals surface area contributed by atoms with Gasteiger partial charge in [-0.25, -0.2) is 21.6 Å². The average molecular weight is 443 g/mol. The van der Waals surface area contributed by atoms with Crippen molar-refractivity contribution in [2.75, 3.05) is 4.72 Å². The number of hydrogen-bond donors (Lipinski definition) is 1. The predicted octanol–water partition coefficient (Wildman–Crippen LogP) is 4.82. The summed E-state index contributed by atoms with van der Waals surface area (Å²) in [5, 5.41) is 4.41. The van der Waals surface area contributed by atoms with E-state index in [9.17, 15) is 21.6 Å². The van der Waals surface area contributed by atoms with Crippen LogP contribution in [0.25, 0.3) is 11.3 Å². The first kappa shape index (κ1) is 20.7. The van der Waals surface area contributed by atoms with Gasteiger partial charge in [0.15, 0.2) is 17.5 Å². The Balaban J connectivity index is 1.77. The lowest BCUT2D eigenvalue weighted by molar-refractivity contribution is 0.449. The first-order valence-corrected chi connectivity index (χ1v) is 10.7. The molecule has 158 valence electrons. The van der Waals surface area contributed by atoms with Crippen molar-refractivity contribution in [2.45, 2.75) is 11.4 Å². The van der Waals surface area contributed by atoms with Crippen molar-refractivity contribution in [1.29, 1.82) is 0 Å². The smallest absolute Gasteiger partial charge is 0.265 e. The number of aromatic nitrogens is 2. The highest BCUT2D eigenvalue weighted by Gasteiger charge is 2.26. The molecular formula is C22H16F3N3O2S. The number of rotatable bonds is 6. The van der Waals surface area contributed by atoms with Crippen molar-refractivity contribution >= 4 is 15.7 Å². The zero-order valence-corrected chi connectivity index (χ0v) is 16.8. The van der Waals surface area contributed by atoms with E-state index in [1.54, 1.807) is 30.3 Å². The Morgan fingerprint density at radius 3 is 2.16 bits per heavy atom. The Hall–Kier alpha value is -3.59. The summed E-state index contributed by atoms with van der Waals surface area (Å²) in [6, 6.07) is 19.4. The molecule has 3 aromatic carbocycles. The number of nitrogens with one attached hydrogen (secondary N) is 1. The van der Waals surface area contributed by atoms with Crippen LogP contribution in [-0.2, 0) is 16.6 Å². The van der Waals surface area contributed by atoms with Gasteiger partial charge in [-0.2, -0.15) is 5.10 Å². The lowest BCUT2D eigenvalue weighted by Crippen LogP contribution is -2.15. The normalized spacial score (nSPS) is 11.5. The van der Waals surface area contributed by atoms with Gasteiger partial charge in [-0.3, -0.25) is 9.40 Å². The van der Waals surface area contributed by atoms with E-state index < -0.39 is 33.2 Å². The van der Waals surface area contributed by atoms with Gasteiger partial charge in [0.05, 0.1) is 12.2 Å². The second-order valence-electron chi connectivity index (χ2n) is 6.72. The van der Waals surface area contributed by atoms with E-state index in [0.717, 1.165) is 11.6 Å². The summed E-state index contributed by atoms with van der Waals surface area (Å²) in [4.78, 5) is -0.223. The van der Waals surface area contributed by atoms with Crippen LogP contribution in [0, 0.1) is 17.5 Å². The van der Waals surface area contributed by atoms with Crippen molar-refractivity contribution in [3.8, 4) is 11.3 Å². The first-order valence-electron chi connectivity index (χ1n) is 9.18. The summed E-state index contributed by atoms with van der Waals surface area (Å²) in [6.45, 7) is 0.301. The number of anilines is 1. The highest BCUT2D eigenvalue weighted by atomic mass is 32.2. The number of sulfonamides is 1. The molecule has 1 N–H and O–H groups in total. The van der Waals surface area contributed by atoms with E-state index in [1.807, 2.05) is 35.1 Å². The SMILES string of the molecule is O=S(=O)(Nc1ccc(F)c(F)c1F)c1cn(Cc2ccccc2)nc1-c1ccccc1. The van der Waals surface area contributed by atoms with Gasteiger partial charge in [0.1, 0.15) is 10.6 Å². The van der Waals surface area contributed by atoms with Crippen LogP contribution in [0.3, 0.4) is 0 Å². The topological polar surface area (TPSA) is 64.0 Å². The fourth-order valence-electron chi connectivity index (χ4n) is 3.05. The third-order valence-corrected chi connectivity index (χ3v) is 5.90. The van der Waals surface area contributed by atoms with Crippen molar-refractivity contribution in [2.24, 2.45) is 0 Å². The second-order valence-corrected chi connectivity index (χ2v) is 8.37. The predicted molar refractivity (Wildman–Crippen MR) is 110 cm³/mol. The Bertz CT molecular complexity index is 1330. The molecule has 0 fully saturated rings. The van der Waals surface area contributed by atoms with Gasteiger partial charge < -0.3 is 0 Å². The van der Waals surface area contributed by atoms with Gasteiger partial charge in [0.2, 0.25) is 0 Å². The van der Waals surface area contributed by atoms with Gasteiger partial charge in [0, 0.05) is 11.8 Å². The standard InChI is InChI=1S/C22H16F3N3O2S/c23-17-11-12-18(21(25)20(17)24)27-31(29,30)19-14-28(13-15-7-3-1-4-8-15)26-22(19)16-9-5-2-6-10-16/h1-12,14,27H,13H2. The van der Waals surface area contributed by atoms with Gasteiger partial charge >= 0.3 is 0 Å². The van der Waals surface area contributed by atoms with Crippen LogP contribution in [0.2, 0.25) is 0 Å². The average Bonchev–Trinajstić information content (AvgIpc) is 3.20. The zero-order chi connectivity index (χ0) is 22.0. The third-order valence-electron chi connectivity index (χ3n) is 4.53. The van der Waals surface area contributed by atoms with Gasteiger partial charge in [-0.15, -0.1) is 0 Å². The molecule has 0 aliphatic heterocycles. The fraction of sp³-hybridized carbons (Fsp3) is 0.0455. The quantitative estimate of drug-likeness (QED) is 0.435. The third kappa shape index (κ3) is 4.31. The summed E-state index contributed by atoms with van der Waals surface area (Å²) in [5.41, 5.74) is 0.870. The molecule has 1 heterocycles. The van der Waals surface area contributed by atoms with Gasteiger partial charge in [-0.05, 0) is 17.7 Å². The molecule has 0 bridgehead atoms. The Kier molecular flexibility index (Phi) is 5.51. The summed E-state index contributed by atoms with van der Waals surface area (Å²) in [5.74, 6) is -4.80. The van der Waals surface area contributed by atoms with Crippen LogP contribution < -0.4 is 4.72 Å². The van der Waals surface area contributed by atoms with Crippen molar-refractivity contribution in [3.63, 3.8) is 0 Å². The van der Waals surface area contributed by atoms with Crippen molar-refractivity contribution in [1.82, 2.24) is 9.78 Å². The summed E-state index contributed by atoms with van der Waals surface area (Å²) in [6.07, 6.45) is 1.31. The fourth-order valence-corrected chi connectivity index (χ4v) is 4.28. The summed E-state index contributed by atoms with van der Waals surface area (Å²) in [7, 11) is -4.38. The van der Waals surface area contributed by atoms with Gasteiger partial charge in [-0.1, -0.05) is 60.7 Å². The summed E-state index contributed by atoms with van der Waals surface area (Å²) >= 11 is 0. The van der Waals surface area contributed by atoms with Crippen LogP contribution in [-0.4, -0.2) is 18.2 Å². The minimum absolute atomic E-state index is 0.145. The monoisotopic (exact) mass is 443 g/mol. The number of benzene rings is 3. The maximum Gasteiger partial charge on any atom is 0.265 e. The van der Waals surface area contributed by atoms with E-state index in [2.05, 4.69) is 5.10 Å². The lowest BCUT2D eigenvalue weighted by atomic mass is 10.2. The number of hydrogen-bond acceptors (Lipinski definition) is 3. The molecule has 4 rings (SSSR count). The van der Waals surface area contributed by atoms with Crippen LogP contribution >= 0.6 is 0 Å². The Morgan fingerprint density at radius 2 is 1.48 bits per heavy atom. The molecule has 4 aromatic rings. The molecule has 0 saturated carbocycles. The largest absolute Gasteiger partial charge is 0.276 e. The minimum Gasteiger partial charge on any atom is -0.276 e. The Labute approximate surface area is 176 Å². The van der Waals surface area contributed by atoms with Crippen LogP contribution in [0.15, 0.2) is 83.9 Å². The molecule has 0 aliphatic rings. The zero-order valence-electron chi connectivity index (χ0n) is 16.0. The molecule has 0 atom stereocenters. The Morgan fingerprint density at radius 1 is 0.839 bits per heavy atom. The van der Waals surface area contributed by atoms with Crippen LogP contribution in [0.5, 0.6) is 0 Å². The minimum atomic E-state index is -4.38. The van der Waals surface area contributed by atoms with Gasteiger partial charge in [0.25, 0.3) is 10.0 Å². The molecule has 0 unspecified atom stereocenters. The molecule has 31 heavy (non-hydrogen) atoms. The van der Waals surface area contributed by atoms with Crippen molar-refractivity contribution in [3.05, 3.63) is 102 Å². The number of nitrogens with zero attached hydrogens (tertiary/aromatic N) is 2. The van der Waals surface area contributed by atoms with E-state index in [-0.39, 0.29) is 10.6 Å². The molecule has 0 spiro atoms. The van der Waals surface area contributed by atoms with E-state index in [1.165, 1.54) is 10.9 Å². The lowest BCUT2D eigenvalue weighted by Gasteiger charge is -2.09. The summed E-state index contributed by atoms with van der Waals surface area (Å²) < 4.78 is 70.4. The van der Waals surface area contributed by atoms with Crippen molar-refractivity contribution < 1.29 is 21.6 Å². The number of halogens is 3. The van der Waals surface area contributed by atoms with E-state index in [0.29, 0.717) is 18.2 Å². The molecule has 1 aromatic heterocycles. The van der Waals surface area contributed by atoms with Crippen LogP contribution in [0.1, 0.15) is 5.56 Å². The van der Waals surface area contributed by atoms with Crippen LogP contribution in [0.4, 0.5) is 18.9 Å². The molecule has 0 saturated heterocycles. The van der Waals surface area contributed by atoms with E-state index in [4.69, 9.17) is 0 Å². The maximum absolute atomic E-state index is 14.1. The molecule has 0 radical (unpaired) electrons. The second kappa shape index (κ2) is 8.27. The molecule has 0 amide bonds. The first-order chi connectivity index (χ1) is 14.8. The van der Waals surface area contributed by atoms with E-state index >= 15 is 0 Å². The molecule has 0 aliphatic carbocycles. The highest BCUT2D eigenvalue weighted by molar-refractivity contribution is 7.92. The maximum atomic E-state index is 14.1. The molecule has 5 nitrogen and oxygen atoms in total. The molecule has 9 heteroatoms. The molecular weight excluding hydrogens is 427 g/mol. The highest BCUT2D eigenvalue weighted by Crippen LogP contribution is 2.29.